The Morgan fingerprint density at radius 1 is 1.53 bits per heavy atom. The molecule has 0 atom stereocenters. The maximum atomic E-state index is 12.0. The highest BCUT2D eigenvalue weighted by molar-refractivity contribution is 7.89. The highest BCUT2D eigenvalue weighted by Gasteiger charge is 2.32. The molecule has 94 valence electrons. The quantitative estimate of drug-likeness (QED) is 0.856. The van der Waals surface area contributed by atoms with Crippen molar-refractivity contribution in [2.45, 2.75) is 18.2 Å². The van der Waals surface area contributed by atoms with Gasteiger partial charge in [0.25, 0.3) is 10.0 Å². The number of furan rings is 1. The van der Waals surface area contributed by atoms with Gasteiger partial charge in [0.15, 0.2) is 0 Å². The van der Waals surface area contributed by atoms with Crippen molar-refractivity contribution in [3.05, 3.63) is 17.6 Å². The molecule has 0 saturated carbocycles. The number of aromatic carboxylic acids is 1. The van der Waals surface area contributed by atoms with Gasteiger partial charge >= 0.3 is 5.97 Å². The van der Waals surface area contributed by atoms with Crippen LogP contribution in [0, 0.1) is 6.92 Å². The van der Waals surface area contributed by atoms with Crippen molar-refractivity contribution in [3.63, 3.8) is 0 Å². The van der Waals surface area contributed by atoms with Crippen molar-refractivity contribution >= 4 is 16.0 Å². The molecule has 1 N–H and O–H groups in total. The predicted octanol–water partition coefficient (Wildman–Crippen LogP) is 0.612. The highest BCUT2D eigenvalue weighted by Crippen LogP contribution is 2.25. The topological polar surface area (TPSA) is 97.0 Å². The molecule has 7 nitrogen and oxygen atoms in total. The van der Waals surface area contributed by atoms with E-state index >= 15 is 0 Å². The van der Waals surface area contributed by atoms with Gasteiger partial charge in [-0.1, -0.05) is 4.47 Å². The van der Waals surface area contributed by atoms with E-state index in [1.54, 1.807) is 0 Å². The smallest absolute Gasteiger partial charge is 0.371 e. The van der Waals surface area contributed by atoms with E-state index in [1.165, 1.54) is 6.92 Å². The molecule has 0 aromatic carbocycles. The summed E-state index contributed by atoms with van der Waals surface area (Å²) in [5.74, 6) is -1.67. The molecule has 0 aliphatic carbocycles. The summed E-state index contributed by atoms with van der Waals surface area (Å²) in [7, 11) is -3.83. The van der Waals surface area contributed by atoms with E-state index in [2.05, 4.69) is 0 Å². The molecule has 1 aromatic rings. The second kappa shape index (κ2) is 4.13. The van der Waals surface area contributed by atoms with E-state index in [0.717, 1.165) is 10.5 Å². The molecule has 0 radical (unpaired) electrons. The maximum absolute atomic E-state index is 12.0. The summed E-state index contributed by atoms with van der Waals surface area (Å²) >= 11 is 0. The van der Waals surface area contributed by atoms with Gasteiger partial charge in [0.2, 0.25) is 5.76 Å². The molecule has 1 saturated heterocycles. The zero-order chi connectivity index (χ0) is 12.6. The van der Waals surface area contributed by atoms with Crippen molar-refractivity contribution in [3.8, 4) is 0 Å². The normalized spacial score (nSPS) is 17.5. The summed E-state index contributed by atoms with van der Waals surface area (Å²) in [6.07, 6.45) is 0.613. The van der Waals surface area contributed by atoms with Gasteiger partial charge < -0.3 is 9.52 Å². The van der Waals surface area contributed by atoms with Gasteiger partial charge in [-0.25, -0.2) is 13.2 Å². The van der Waals surface area contributed by atoms with E-state index in [9.17, 15) is 13.2 Å². The lowest BCUT2D eigenvalue weighted by molar-refractivity contribution is -0.0285. The lowest BCUT2D eigenvalue weighted by Crippen LogP contribution is -2.26. The second-order valence-electron chi connectivity index (χ2n) is 3.55. The molecule has 1 aliphatic rings. The molecule has 0 bridgehead atoms. The minimum absolute atomic E-state index is 0.0397. The molecular weight excluding hydrogens is 250 g/mol. The van der Waals surface area contributed by atoms with E-state index in [4.69, 9.17) is 14.4 Å². The fourth-order valence-electron chi connectivity index (χ4n) is 1.55. The van der Waals surface area contributed by atoms with E-state index in [0.29, 0.717) is 13.0 Å². The van der Waals surface area contributed by atoms with Crippen LogP contribution in [-0.4, -0.2) is 37.1 Å². The fourth-order valence-corrected chi connectivity index (χ4v) is 3.01. The Hall–Kier alpha value is -1.38. The Morgan fingerprint density at radius 2 is 2.24 bits per heavy atom. The third-order valence-electron chi connectivity index (χ3n) is 2.35. The van der Waals surface area contributed by atoms with Crippen LogP contribution in [0.4, 0.5) is 0 Å². The largest absolute Gasteiger partial charge is 0.475 e. The minimum Gasteiger partial charge on any atom is -0.475 e. The first kappa shape index (κ1) is 12.1. The van der Waals surface area contributed by atoms with Crippen molar-refractivity contribution in [2.75, 3.05) is 13.2 Å². The van der Waals surface area contributed by atoms with Crippen LogP contribution in [0.5, 0.6) is 0 Å². The van der Waals surface area contributed by atoms with Gasteiger partial charge in [0.05, 0.1) is 6.61 Å². The molecule has 0 spiro atoms. The fraction of sp³-hybridized carbons (Fsp3) is 0.444. The first-order valence-corrected chi connectivity index (χ1v) is 6.36. The van der Waals surface area contributed by atoms with Gasteiger partial charge in [-0.2, -0.15) is 0 Å². The number of hydroxylamine groups is 1. The van der Waals surface area contributed by atoms with Crippen molar-refractivity contribution in [2.24, 2.45) is 0 Å². The van der Waals surface area contributed by atoms with Crippen molar-refractivity contribution < 1.29 is 27.6 Å². The first-order valence-electron chi connectivity index (χ1n) is 4.92. The van der Waals surface area contributed by atoms with Crippen molar-refractivity contribution in [1.82, 2.24) is 4.47 Å². The van der Waals surface area contributed by atoms with Crippen LogP contribution < -0.4 is 0 Å². The Balaban J connectivity index is 2.42. The number of carbonyl (C=O) groups is 1. The number of aryl methyl sites for hydroxylation is 1. The SMILES string of the molecule is Cc1oc(C(=O)O)cc1S(=O)(=O)N1CCCO1. The van der Waals surface area contributed by atoms with Crippen LogP contribution in [-0.2, 0) is 14.9 Å². The molecule has 1 aliphatic heterocycles. The number of sulfonamides is 1. The molecular formula is C9H11NO6S. The summed E-state index contributed by atoms with van der Waals surface area (Å²) in [4.78, 5) is 15.5. The maximum Gasteiger partial charge on any atom is 0.371 e. The third-order valence-corrected chi connectivity index (χ3v) is 4.13. The Bertz CT molecular complexity index is 540. The number of hydrogen-bond acceptors (Lipinski definition) is 5. The summed E-state index contributed by atoms with van der Waals surface area (Å²) in [5.41, 5.74) is 0. The molecule has 2 rings (SSSR count). The molecule has 1 fully saturated rings. The van der Waals surface area contributed by atoms with Gasteiger partial charge in [0.1, 0.15) is 10.7 Å². The van der Waals surface area contributed by atoms with Crippen LogP contribution in [0.2, 0.25) is 0 Å². The number of nitrogens with zero attached hydrogens (tertiary/aromatic N) is 1. The molecule has 0 unspecified atom stereocenters. The summed E-state index contributed by atoms with van der Waals surface area (Å²) < 4.78 is 29.8. The predicted molar refractivity (Wildman–Crippen MR) is 54.9 cm³/mol. The van der Waals surface area contributed by atoms with Gasteiger partial charge in [-0.15, -0.1) is 0 Å². The van der Waals surface area contributed by atoms with E-state index in [-0.39, 0.29) is 17.2 Å². The summed E-state index contributed by atoms with van der Waals surface area (Å²) in [6.45, 7) is 1.99. The lowest BCUT2D eigenvalue weighted by Gasteiger charge is -2.12. The van der Waals surface area contributed by atoms with Crippen molar-refractivity contribution in [1.29, 1.82) is 0 Å². The summed E-state index contributed by atoms with van der Waals surface area (Å²) in [5, 5.41) is 8.72. The van der Waals surface area contributed by atoms with E-state index in [1.807, 2.05) is 0 Å². The Morgan fingerprint density at radius 3 is 2.71 bits per heavy atom. The zero-order valence-corrected chi connectivity index (χ0v) is 9.86. The van der Waals surface area contributed by atoms with Crippen LogP contribution in [0.1, 0.15) is 22.7 Å². The van der Waals surface area contributed by atoms with Gasteiger partial charge in [-0.05, 0) is 13.3 Å². The van der Waals surface area contributed by atoms with Crippen LogP contribution in [0.25, 0.3) is 0 Å². The molecule has 2 heterocycles. The molecule has 17 heavy (non-hydrogen) atoms. The van der Waals surface area contributed by atoms with Gasteiger partial charge in [-0.3, -0.25) is 4.84 Å². The summed E-state index contributed by atoms with van der Waals surface area (Å²) in [6, 6.07) is 0.995. The Kier molecular flexibility index (Phi) is 2.94. The highest BCUT2D eigenvalue weighted by atomic mass is 32.2. The lowest BCUT2D eigenvalue weighted by atomic mass is 10.4. The van der Waals surface area contributed by atoms with E-state index < -0.39 is 21.8 Å². The first-order chi connectivity index (χ1) is 7.93. The van der Waals surface area contributed by atoms with Crippen LogP contribution >= 0.6 is 0 Å². The standard InChI is InChI=1S/C9H11NO6S/c1-6-8(5-7(16-6)9(11)12)17(13,14)10-3-2-4-15-10/h5H,2-4H2,1H3,(H,11,12). The molecule has 8 heteroatoms. The zero-order valence-electron chi connectivity index (χ0n) is 9.04. The Labute approximate surface area is 97.6 Å². The molecule has 0 amide bonds. The monoisotopic (exact) mass is 261 g/mol. The van der Waals surface area contributed by atoms with Crippen LogP contribution in [0.3, 0.4) is 0 Å². The van der Waals surface area contributed by atoms with Crippen LogP contribution in [0.15, 0.2) is 15.4 Å². The van der Waals surface area contributed by atoms with Gasteiger partial charge in [0, 0.05) is 12.6 Å². The number of carboxylic acids is 1. The number of hydrogen-bond donors (Lipinski definition) is 1. The average molecular weight is 261 g/mol. The molecule has 1 aromatic heterocycles. The number of carboxylic acid groups (broad SMARTS) is 1. The number of rotatable bonds is 3. The third kappa shape index (κ3) is 2.06. The second-order valence-corrected chi connectivity index (χ2v) is 5.35. The average Bonchev–Trinajstić information content (AvgIpc) is 2.85. The minimum atomic E-state index is -3.83.